The van der Waals surface area contributed by atoms with Crippen molar-refractivity contribution in [3.63, 3.8) is 0 Å². The van der Waals surface area contributed by atoms with Gasteiger partial charge >= 0.3 is 0 Å². The lowest BCUT2D eigenvalue weighted by molar-refractivity contribution is 0.105. The lowest BCUT2D eigenvalue weighted by Crippen LogP contribution is -2.35. The number of ether oxygens (including phenoxy) is 1. The summed E-state index contributed by atoms with van der Waals surface area (Å²) in [5.74, 6) is 0.803. The summed E-state index contributed by atoms with van der Waals surface area (Å²) in [4.78, 5) is 3.13. The van der Waals surface area contributed by atoms with Crippen molar-refractivity contribution >= 4 is 10.9 Å². The highest BCUT2D eigenvalue weighted by atomic mass is 16.5. The maximum absolute atomic E-state index is 9.79. The maximum Gasteiger partial charge on any atom is 0.128 e. The molecule has 20 heavy (non-hydrogen) atoms. The number of rotatable bonds is 6. The molecule has 0 amide bonds. The maximum atomic E-state index is 9.79. The molecule has 4 heteroatoms. The van der Waals surface area contributed by atoms with Gasteiger partial charge in [0.15, 0.2) is 0 Å². The highest BCUT2D eigenvalue weighted by molar-refractivity contribution is 5.85. The molecule has 1 aromatic heterocycles. The average molecular weight is 278 g/mol. The molecule has 0 saturated carbocycles. The number of aromatic nitrogens is 1. The summed E-state index contributed by atoms with van der Waals surface area (Å²) in [7, 11) is 0. The Labute approximate surface area is 121 Å². The quantitative estimate of drug-likeness (QED) is 0.761. The van der Waals surface area contributed by atoms with Crippen molar-refractivity contribution in [1.82, 2.24) is 10.3 Å². The van der Waals surface area contributed by atoms with E-state index in [1.807, 2.05) is 58.2 Å². The first-order chi connectivity index (χ1) is 9.66. The van der Waals surface area contributed by atoms with Crippen LogP contribution in [0.3, 0.4) is 0 Å². The van der Waals surface area contributed by atoms with Gasteiger partial charge in [-0.2, -0.15) is 0 Å². The molecule has 2 aromatic rings. The van der Waals surface area contributed by atoms with Crippen LogP contribution in [0, 0.1) is 0 Å². The Kier molecular flexibility index (Phi) is 7.12. The first kappa shape index (κ1) is 16.5. The summed E-state index contributed by atoms with van der Waals surface area (Å²) in [5.41, 5.74) is 1.04. The van der Waals surface area contributed by atoms with Crippen LogP contribution in [0.15, 0.2) is 30.5 Å². The molecule has 3 N–H and O–H groups in total. The summed E-state index contributed by atoms with van der Waals surface area (Å²) in [6, 6.07) is 8.20. The molecule has 2 rings (SSSR count). The molecule has 0 aliphatic heterocycles. The van der Waals surface area contributed by atoms with Gasteiger partial charge < -0.3 is 20.1 Å². The molecule has 1 atom stereocenters. The van der Waals surface area contributed by atoms with Gasteiger partial charge in [0.05, 0.1) is 0 Å². The molecule has 0 saturated heterocycles. The van der Waals surface area contributed by atoms with E-state index in [1.165, 1.54) is 0 Å². The van der Waals surface area contributed by atoms with E-state index in [0.29, 0.717) is 19.2 Å². The van der Waals surface area contributed by atoms with Gasteiger partial charge in [-0.05, 0) is 18.2 Å². The van der Waals surface area contributed by atoms with Crippen LogP contribution in [0.25, 0.3) is 10.9 Å². The fourth-order valence-electron chi connectivity index (χ4n) is 1.80. The van der Waals surface area contributed by atoms with Gasteiger partial charge in [-0.1, -0.05) is 33.8 Å². The molecule has 0 fully saturated rings. The van der Waals surface area contributed by atoms with Crippen LogP contribution in [0.1, 0.15) is 27.7 Å². The largest absolute Gasteiger partial charge is 0.490 e. The van der Waals surface area contributed by atoms with Gasteiger partial charge in [0.25, 0.3) is 0 Å². The molecular formula is C16H26N2O2. The normalized spacial score (nSPS) is 12.1. The molecule has 0 bridgehead atoms. The van der Waals surface area contributed by atoms with Gasteiger partial charge in [-0.3, -0.25) is 0 Å². The Hall–Kier alpha value is -1.52. The van der Waals surface area contributed by atoms with Gasteiger partial charge in [-0.25, -0.2) is 0 Å². The van der Waals surface area contributed by atoms with Crippen LogP contribution in [0.5, 0.6) is 5.75 Å². The summed E-state index contributed by atoms with van der Waals surface area (Å²) < 4.78 is 5.66. The van der Waals surface area contributed by atoms with Crippen LogP contribution in [-0.4, -0.2) is 35.4 Å². The van der Waals surface area contributed by atoms with E-state index in [4.69, 9.17) is 4.74 Å². The van der Waals surface area contributed by atoms with Crippen LogP contribution < -0.4 is 10.1 Å². The van der Waals surface area contributed by atoms with Gasteiger partial charge in [-0.15, -0.1) is 0 Å². The summed E-state index contributed by atoms with van der Waals surface area (Å²) >= 11 is 0. The fourth-order valence-corrected chi connectivity index (χ4v) is 1.80. The Morgan fingerprint density at radius 3 is 2.70 bits per heavy atom. The Bertz CT molecular complexity index is 494. The zero-order chi connectivity index (χ0) is 15.0. The number of H-pyrrole nitrogens is 1. The van der Waals surface area contributed by atoms with E-state index in [-0.39, 0.29) is 0 Å². The minimum Gasteiger partial charge on any atom is -0.490 e. The van der Waals surface area contributed by atoms with E-state index in [0.717, 1.165) is 16.7 Å². The molecule has 4 nitrogen and oxygen atoms in total. The van der Waals surface area contributed by atoms with E-state index in [1.54, 1.807) is 0 Å². The molecule has 112 valence electrons. The predicted molar refractivity (Wildman–Crippen MR) is 84.3 cm³/mol. The Morgan fingerprint density at radius 2 is 2.00 bits per heavy atom. The van der Waals surface area contributed by atoms with E-state index < -0.39 is 6.10 Å². The molecule has 0 aliphatic rings. The van der Waals surface area contributed by atoms with Crippen molar-refractivity contribution in [2.24, 2.45) is 0 Å². The van der Waals surface area contributed by atoms with Gasteiger partial charge in [0.1, 0.15) is 18.5 Å². The number of aromatic amines is 1. The topological polar surface area (TPSA) is 57.3 Å². The second kappa shape index (κ2) is 8.61. The third-order valence-corrected chi connectivity index (χ3v) is 2.75. The number of hydrogen-bond acceptors (Lipinski definition) is 3. The zero-order valence-corrected chi connectivity index (χ0v) is 12.8. The van der Waals surface area contributed by atoms with Crippen LogP contribution in [-0.2, 0) is 0 Å². The number of nitrogens with one attached hydrogen (secondary N) is 2. The number of fused-ring (bicyclic) bond motifs is 1. The van der Waals surface area contributed by atoms with Crippen molar-refractivity contribution in [1.29, 1.82) is 0 Å². The first-order valence-electron chi connectivity index (χ1n) is 7.27. The van der Waals surface area contributed by atoms with E-state index in [9.17, 15) is 5.11 Å². The second-order valence-corrected chi connectivity index (χ2v) is 4.72. The SMILES string of the molecule is CC.CC(C)NCC(O)COc1cccc2[nH]ccc12. The first-order valence-corrected chi connectivity index (χ1v) is 7.27. The third-order valence-electron chi connectivity index (χ3n) is 2.75. The molecule has 0 spiro atoms. The monoisotopic (exact) mass is 278 g/mol. The van der Waals surface area contributed by atoms with Gasteiger partial charge in [0, 0.05) is 29.7 Å². The predicted octanol–water partition coefficient (Wildman–Crippen LogP) is 2.93. The average Bonchev–Trinajstić information content (AvgIpc) is 2.94. The fraction of sp³-hybridized carbons (Fsp3) is 0.500. The highest BCUT2D eigenvalue weighted by Crippen LogP contribution is 2.24. The molecule has 1 aromatic carbocycles. The third kappa shape index (κ3) is 4.87. The second-order valence-electron chi connectivity index (χ2n) is 4.72. The molecule has 1 unspecified atom stereocenters. The van der Waals surface area contributed by atoms with Crippen LogP contribution >= 0.6 is 0 Å². The van der Waals surface area contributed by atoms with Crippen molar-refractivity contribution < 1.29 is 9.84 Å². The molecule has 0 radical (unpaired) electrons. The lowest BCUT2D eigenvalue weighted by Gasteiger charge is -2.15. The molecule has 1 heterocycles. The summed E-state index contributed by atoms with van der Waals surface area (Å²) in [5, 5.41) is 14.0. The Morgan fingerprint density at radius 1 is 1.25 bits per heavy atom. The van der Waals surface area contributed by atoms with Crippen molar-refractivity contribution in [3.8, 4) is 5.75 Å². The van der Waals surface area contributed by atoms with Crippen molar-refractivity contribution in [3.05, 3.63) is 30.5 Å². The number of aliphatic hydroxyl groups excluding tert-OH is 1. The van der Waals surface area contributed by atoms with E-state index >= 15 is 0 Å². The number of benzene rings is 1. The molecular weight excluding hydrogens is 252 g/mol. The highest BCUT2D eigenvalue weighted by Gasteiger charge is 2.08. The van der Waals surface area contributed by atoms with Crippen LogP contribution in [0.2, 0.25) is 0 Å². The van der Waals surface area contributed by atoms with Crippen molar-refractivity contribution in [2.75, 3.05) is 13.2 Å². The number of aliphatic hydroxyl groups is 1. The van der Waals surface area contributed by atoms with Gasteiger partial charge in [0.2, 0.25) is 0 Å². The minimum atomic E-state index is -0.499. The molecule has 0 aliphatic carbocycles. The van der Waals surface area contributed by atoms with Crippen LogP contribution in [0.4, 0.5) is 0 Å². The Balaban J connectivity index is 0.000000956. The van der Waals surface area contributed by atoms with E-state index in [2.05, 4.69) is 10.3 Å². The smallest absolute Gasteiger partial charge is 0.128 e. The summed E-state index contributed by atoms with van der Waals surface area (Å²) in [6.45, 7) is 8.94. The zero-order valence-electron chi connectivity index (χ0n) is 12.8. The lowest BCUT2D eigenvalue weighted by atomic mass is 10.2. The number of hydrogen-bond donors (Lipinski definition) is 3. The standard InChI is InChI=1S/C14H20N2O2.C2H6/c1-10(2)16-8-11(17)9-18-14-5-3-4-13-12(14)6-7-15-13;1-2/h3-7,10-11,15-17H,8-9H2,1-2H3;1-2H3. The summed E-state index contributed by atoms with van der Waals surface area (Å²) in [6.07, 6.45) is 1.38. The van der Waals surface area contributed by atoms with Crippen molar-refractivity contribution in [2.45, 2.75) is 39.8 Å². The minimum absolute atomic E-state index is 0.296.